The topological polar surface area (TPSA) is 51.3 Å². The molecular weight excluding hydrogens is 454 g/mol. The Balaban J connectivity index is 0.000000890. The summed E-state index contributed by atoms with van der Waals surface area (Å²) in [5.74, 6) is -0.417. The van der Waals surface area contributed by atoms with Gasteiger partial charge in [0.1, 0.15) is 12.1 Å². The third-order valence-corrected chi connectivity index (χ3v) is 5.21. The first-order valence-electron chi connectivity index (χ1n) is 10.1. The number of allylic oxidation sites excluding steroid dienone is 1. The van der Waals surface area contributed by atoms with Crippen LogP contribution >= 0.6 is 11.8 Å². The van der Waals surface area contributed by atoms with Gasteiger partial charge in [0.05, 0.1) is 6.54 Å². The van der Waals surface area contributed by atoms with E-state index in [1.54, 1.807) is 41.8 Å². The van der Waals surface area contributed by atoms with E-state index >= 15 is 0 Å². The molecule has 1 aromatic heterocycles. The molecule has 1 heterocycles. The highest BCUT2D eigenvalue weighted by Gasteiger charge is 2.29. The number of carbonyl (C=O) groups excluding carboxylic acids is 1. The van der Waals surface area contributed by atoms with Crippen molar-refractivity contribution in [2.75, 3.05) is 27.7 Å². The zero-order chi connectivity index (χ0) is 24.8. The number of alkyl halides is 3. The molecule has 0 aliphatic carbocycles. The summed E-state index contributed by atoms with van der Waals surface area (Å²) in [6.07, 6.45) is 1.96. The third kappa shape index (κ3) is 7.45. The largest absolute Gasteiger partial charge is 0.446 e. The number of aromatic nitrogens is 1. The second-order valence-corrected chi connectivity index (χ2v) is 8.88. The van der Waals surface area contributed by atoms with Crippen LogP contribution in [0.5, 0.6) is 0 Å². The smallest absolute Gasteiger partial charge is 0.337 e. The number of rotatable bonds is 6. The number of hydrogen-bond acceptors (Lipinski definition) is 4. The molecular formula is C24H27F4N3OS. The van der Waals surface area contributed by atoms with E-state index in [1.807, 2.05) is 26.0 Å². The molecule has 2 N–H and O–H groups in total. The van der Waals surface area contributed by atoms with E-state index in [0.29, 0.717) is 39.6 Å². The van der Waals surface area contributed by atoms with Crippen LogP contribution in [-0.2, 0) is 6.54 Å². The Bertz CT molecular complexity index is 1130. The van der Waals surface area contributed by atoms with E-state index < -0.39 is 11.3 Å². The molecule has 0 fully saturated rings. The Hall–Kier alpha value is -2.62. The second kappa shape index (κ2) is 11.5. The molecule has 3 aromatic rings. The summed E-state index contributed by atoms with van der Waals surface area (Å²) in [6.45, 7) is 1.77. The average molecular weight is 482 g/mol. The van der Waals surface area contributed by atoms with Crippen molar-refractivity contribution in [1.82, 2.24) is 9.47 Å². The van der Waals surface area contributed by atoms with Gasteiger partial charge in [0.2, 0.25) is 0 Å². The van der Waals surface area contributed by atoms with Gasteiger partial charge >= 0.3 is 5.51 Å². The number of thioether (sulfide) groups is 1. The molecule has 4 nitrogen and oxygen atoms in total. The van der Waals surface area contributed by atoms with E-state index in [4.69, 9.17) is 5.73 Å². The maximum absolute atomic E-state index is 14.2. The summed E-state index contributed by atoms with van der Waals surface area (Å²) in [5, 5.41) is 0.668. The minimum Gasteiger partial charge on any atom is -0.337 e. The summed E-state index contributed by atoms with van der Waals surface area (Å²) in [4.78, 5) is 13.3. The molecule has 2 aromatic carbocycles. The number of aldehydes is 1. The van der Waals surface area contributed by atoms with Gasteiger partial charge in [-0.25, -0.2) is 4.39 Å². The Morgan fingerprint density at radius 2 is 1.82 bits per heavy atom. The van der Waals surface area contributed by atoms with Gasteiger partial charge in [-0.1, -0.05) is 12.1 Å². The highest BCUT2D eigenvalue weighted by atomic mass is 32.2. The molecule has 0 spiro atoms. The number of fused-ring (bicyclic) bond motifs is 1. The number of nitrogens with two attached hydrogens (primary N) is 1. The van der Waals surface area contributed by atoms with Gasteiger partial charge in [0.15, 0.2) is 0 Å². The Kier molecular flexibility index (Phi) is 9.27. The summed E-state index contributed by atoms with van der Waals surface area (Å²) in [5.41, 5.74) is 3.98. The fraction of sp³-hybridized carbons (Fsp3) is 0.292. The molecule has 0 amide bonds. The van der Waals surface area contributed by atoms with Crippen molar-refractivity contribution in [3.05, 3.63) is 65.6 Å². The summed E-state index contributed by atoms with van der Waals surface area (Å²) in [6, 6.07) is 11.1. The molecule has 0 radical (unpaired) electrons. The van der Waals surface area contributed by atoms with Crippen LogP contribution in [0.3, 0.4) is 0 Å². The van der Waals surface area contributed by atoms with Crippen molar-refractivity contribution in [3.8, 4) is 11.1 Å². The second-order valence-electron chi connectivity index (χ2n) is 7.74. The number of halogens is 4. The number of carbonyl (C=O) groups is 1. The van der Waals surface area contributed by atoms with Gasteiger partial charge in [-0.05, 0) is 81.8 Å². The fourth-order valence-electron chi connectivity index (χ4n) is 3.33. The minimum absolute atomic E-state index is 0.0519. The molecule has 0 atom stereocenters. The number of nitrogens with zero attached hydrogens (tertiary/aromatic N) is 2. The molecule has 3 rings (SSSR count). The van der Waals surface area contributed by atoms with Crippen molar-refractivity contribution in [1.29, 1.82) is 0 Å². The quantitative estimate of drug-likeness (QED) is 0.265. The maximum Gasteiger partial charge on any atom is 0.446 e. The van der Waals surface area contributed by atoms with Crippen LogP contribution in [0.1, 0.15) is 16.1 Å². The van der Waals surface area contributed by atoms with Crippen molar-refractivity contribution in [2.24, 2.45) is 5.73 Å². The van der Waals surface area contributed by atoms with E-state index in [2.05, 4.69) is 0 Å². The molecule has 9 heteroatoms. The van der Waals surface area contributed by atoms with Crippen LogP contribution in [0, 0.1) is 6.92 Å². The van der Waals surface area contributed by atoms with Gasteiger partial charge in [0.25, 0.3) is 0 Å². The predicted octanol–water partition coefficient (Wildman–Crippen LogP) is 6.03. The van der Waals surface area contributed by atoms with E-state index in [0.717, 1.165) is 0 Å². The first-order chi connectivity index (χ1) is 15.5. The third-order valence-electron chi connectivity index (χ3n) is 4.49. The lowest BCUT2D eigenvalue weighted by molar-refractivity contribution is -0.0328. The highest BCUT2D eigenvalue weighted by molar-refractivity contribution is 8.00. The Morgan fingerprint density at radius 3 is 2.39 bits per heavy atom. The maximum atomic E-state index is 14.2. The number of hydrogen-bond donors (Lipinski definition) is 1. The summed E-state index contributed by atoms with van der Waals surface area (Å²) < 4.78 is 54.3. The summed E-state index contributed by atoms with van der Waals surface area (Å²) in [7, 11) is 6.00. The normalized spacial score (nSPS) is 12.1. The Morgan fingerprint density at radius 1 is 1.15 bits per heavy atom. The van der Waals surface area contributed by atoms with E-state index in [1.165, 1.54) is 18.2 Å². The lowest BCUT2D eigenvalue weighted by atomic mass is 10.0. The molecule has 0 saturated carbocycles. The molecule has 33 heavy (non-hydrogen) atoms. The van der Waals surface area contributed by atoms with Gasteiger partial charge in [-0.2, -0.15) is 13.2 Å². The zero-order valence-corrected chi connectivity index (χ0v) is 19.7. The number of benzene rings is 2. The molecule has 0 aliphatic heterocycles. The first kappa shape index (κ1) is 26.6. The zero-order valence-electron chi connectivity index (χ0n) is 18.9. The van der Waals surface area contributed by atoms with Crippen LogP contribution in [0.25, 0.3) is 22.0 Å². The van der Waals surface area contributed by atoms with E-state index in [-0.39, 0.29) is 29.7 Å². The Labute approximate surface area is 195 Å². The van der Waals surface area contributed by atoms with Crippen molar-refractivity contribution >= 4 is 29.0 Å². The molecule has 0 saturated heterocycles. The van der Waals surface area contributed by atoms with Crippen molar-refractivity contribution in [2.45, 2.75) is 23.9 Å². The molecule has 0 aliphatic rings. The standard InChI is InChI=1S/C21H18F4N2OS.C3H9N/c1-13-20(15-3-2-4-17(10-15)29-21(23,24)25)18-9-14(12-28)5-6-19(18)27(13)11-16(22)7-8-26;1-4(2)3/h2-7,9-10,12H,8,11,26H2,1H3;1-3H3/b16-7-;. The van der Waals surface area contributed by atoms with Gasteiger partial charge in [-0.15, -0.1) is 0 Å². The predicted molar refractivity (Wildman–Crippen MR) is 127 cm³/mol. The lowest BCUT2D eigenvalue weighted by Gasteiger charge is -2.09. The van der Waals surface area contributed by atoms with Gasteiger partial charge in [-0.3, -0.25) is 4.79 Å². The fourth-order valence-corrected chi connectivity index (χ4v) is 3.93. The van der Waals surface area contributed by atoms with Crippen molar-refractivity contribution < 1.29 is 22.4 Å². The van der Waals surface area contributed by atoms with Gasteiger partial charge in [0, 0.05) is 39.2 Å². The SMILES string of the molecule is CN(C)C.Cc1c(-c2cccc(SC(F)(F)F)c2)c2cc(C=O)ccc2n1C/C(F)=C/CN. The molecule has 0 unspecified atom stereocenters. The van der Waals surface area contributed by atoms with Crippen LogP contribution in [-0.4, -0.2) is 48.9 Å². The van der Waals surface area contributed by atoms with Crippen molar-refractivity contribution in [3.63, 3.8) is 0 Å². The lowest BCUT2D eigenvalue weighted by Crippen LogP contribution is -2.03. The summed E-state index contributed by atoms with van der Waals surface area (Å²) >= 11 is -0.193. The highest BCUT2D eigenvalue weighted by Crippen LogP contribution is 2.41. The van der Waals surface area contributed by atoms with Gasteiger partial charge < -0.3 is 15.2 Å². The van der Waals surface area contributed by atoms with Crippen LogP contribution < -0.4 is 5.73 Å². The van der Waals surface area contributed by atoms with E-state index in [9.17, 15) is 22.4 Å². The van der Waals surface area contributed by atoms with Crippen LogP contribution in [0.2, 0.25) is 0 Å². The molecule has 178 valence electrons. The monoisotopic (exact) mass is 481 g/mol. The molecule has 0 bridgehead atoms. The van der Waals surface area contributed by atoms with Crippen LogP contribution in [0.15, 0.2) is 59.3 Å². The first-order valence-corrected chi connectivity index (χ1v) is 10.9. The minimum atomic E-state index is -4.40. The average Bonchev–Trinajstić information content (AvgIpc) is 2.97. The van der Waals surface area contributed by atoms with Crippen LogP contribution in [0.4, 0.5) is 17.6 Å².